The lowest BCUT2D eigenvalue weighted by Crippen LogP contribution is -2.25. The van der Waals surface area contributed by atoms with E-state index < -0.39 is 0 Å². The van der Waals surface area contributed by atoms with Gasteiger partial charge in [0.1, 0.15) is 18.7 Å². The lowest BCUT2D eigenvalue weighted by molar-refractivity contribution is 0.288. The minimum Gasteiger partial charge on any atom is -0.492 e. The van der Waals surface area contributed by atoms with Crippen LogP contribution in [-0.2, 0) is 20.1 Å². The highest BCUT2D eigenvalue weighted by atomic mass is 16.5. The summed E-state index contributed by atoms with van der Waals surface area (Å²) in [5.41, 5.74) is 6.42. The maximum atomic E-state index is 11.5. The molecule has 0 bridgehead atoms. The summed E-state index contributed by atoms with van der Waals surface area (Å²) in [5.74, 6) is 0.760. The molecule has 0 atom stereocenters. The Morgan fingerprint density at radius 1 is 1.33 bits per heavy atom. The summed E-state index contributed by atoms with van der Waals surface area (Å²) in [5, 5.41) is 3.94. The SMILES string of the molecule is Cn1cnn(CCOc2ccc(CN)cc2)c1=O. The minimum absolute atomic E-state index is 0.142. The van der Waals surface area contributed by atoms with Crippen LogP contribution in [0.15, 0.2) is 35.4 Å². The fraction of sp³-hybridized carbons (Fsp3) is 0.333. The molecule has 2 aromatic rings. The van der Waals surface area contributed by atoms with Crippen LogP contribution in [0.5, 0.6) is 5.75 Å². The maximum Gasteiger partial charge on any atom is 0.345 e. The van der Waals surface area contributed by atoms with Crippen molar-refractivity contribution in [3.05, 3.63) is 46.6 Å². The molecule has 0 saturated carbocycles. The van der Waals surface area contributed by atoms with E-state index >= 15 is 0 Å². The first-order valence-electron chi connectivity index (χ1n) is 5.71. The molecule has 0 saturated heterocycles. The van der Waals surface area contributed by atoms with Gasteiger partial charge in [-0.05, 0) is 17.7 Å². The van der Waals surface area contributed by atoms with Gasteiger partial charge in [0, 0.05) is 13.6 Å². The van der Waals surface area contributed by atoms with Gasteiger partial charge in [-0.2, -0.15) is 5.10 Å². The second kappa shape index (κ2) is 5.50. The fourth-order valence-electron chi connectivity index (χ4n) is 1.55. The number of ether oxygens (including phenoxy) is 1. The Morgan fingerprint density at radius 2 is 2.06 bits per heavy atom. The standard InChI is InChI=1S/C12H16N4O2/c1-15-9-14-16(12(15)17)6-7-18-11-4-2-10(8-13)3-5-11/h2-5,9H,6-8,13H2,1H3. The van der Waals surface area contributed by atoms with Crippen molar-refractivity contribution in [1.82, 2.24) is 14.3 Å². The van der Waals surface area contributed by atoms with Crippen LogP contribution in [0.2, 0.25) is 0 Å². The van der Waals surface area contributed by atoms with Crippen LogP contribution in [0, 0.1) is 0 Å². The molecule has 2 N–H and O–H groups in total. The molecule has 0 fully saturated rings. The Bertz CT molecular complexity index is 556. The second-order valence-electron chi connectivity index (χ2n) is 3.94. The van der Waals surface area contributed by atoms with E-state index in [1.807, 2.05) is 24.3 Å². The van der Waals surface area contributed by atoms with Gasteiger partial charge in [0.25, 0.3) is 0 Å². The topological polar surface area (TPSA) is 75.1 Å². The van der Waals surface area contributed by atoms with E-state index in [0.717, 1.165) is 11.3 Å². The maximum absolute atomic E-state index is 11.5. The van der Waals surface area contributed by atoms with Crippen molar-refractivity contribution in [1.29, 1.82) is 0 Å². The molecule has 0 unspecified atom stereocenters. The molecule has 0 amide bonds. The third kappa shape index (κ3) is 2.78. The van der Waals surface area contributed by atoms with E-state index in [0.29, 0.717) is 19.7 Å². The molecule has 2 rings (SSSR count). The Morgan fingerprint density at radius 3 is 2.61 bits per heavy atom. The van der Waals surface area contributed by atoms with Crippen molar-refractivity contribution in [3.63, 3.8) is 0 Å². The van der Waals surface area contributed by atoms with Crippen molar-refractivity contribution in [2.45, 2.75) is 13.1 Å². The molecule has 96 valence electrons. The Labute approximate surface area is 105 Å². The van der Waals surface area contributed by atoms with Gasteiger partial charge < -0.3 is 10.5 Å². The lowest BCUT2D eigenvalue weighted by atomic mass is 10.2. The van der Waals surface area contributed by atoms with Crippen LogP contribution < -0.4 is 16.2 Å². The largest absolute Gasteiger partial charge is 0.492 e. The van der Waals surface area contributed by atoms with Crippen molar-refractivity contribution in [3.8, 4) is 5.75 Å². The van der Waals surface area contributed by atoms with Gasteiger partial charge in [0.05, 0.1) is 6.54 Å². The normalized spacial score (nSPS) is 10.6. The first-order chi connectivity index (χ1) is 8.70. The number of hydrogen-bond acceptors (Lipinski definition) is 4. The summed E-state index contributed by atoms with van der Waals surface area (Å²) in [6.07, 6.45) is 1.48. The molecule has 6 nitrogen and oxygen atoms in total. The predicted octanol–water partition coefficient (Wildman–Crippen LogP) is 0.119. The zero-order valence-electron chi connectivity index (χ0n) is 10.2. The smallest absolute Gasteiger partial charge is 0.345 e. The number of hydrogen-bond donors (Lipinski definition) is 1. The Kier molecular flexibility index (Phi) is 3.78. The number of rotatable bonds is 5. The predicted molar refractivity (Wildman–Crippen MR) is 67.3 cm³/mol. The highest BCUT2D eigenvalue weighted by molar-refractivity contribution is 5.26. The molecular weight excluding hydrogens is 232 g/mol. The lowest BCUT2D eigenvalue weighted by Gasteiger charge is -2.06. The molecule has 6 heteroatoms. The van der Waals surface area contributed by atoms with Crippen LogP contribution >= 0.6 is 0 Å². The summed E-state index contributed by atoms with van der Waals surface area (Å²) in [6.45, 7) is 1.35. The monoisotopic (exact) mass is 248 g/mol. The molecule has 0 aliphatic heterocycles. The van der Waals surface area contributed by atoms with Gasteiger partial charge in [-0.25, -0.2) is 9.48 Å². The van der Waals surface area contributed by atoms with E-state index in [2.05, 4.69) is 5.10 Å². The number of nitrogens with two attached hydrogens (primary N) is 1. The van der Waals surface area contributed by atoms with Gasteiger partial charge in [-0.3, -0.25) is 4.57 Å². The van der Waals surface area contributed by atoms with Crippen molar-refractivity contribution >= 4 is 0 Å². The quantitative estimate of drug-likeness (QED) is 0.815. The third-order valence-corrected chi connectivity index (χ3v) is 2.62. The Hall–Kier alpha value is -2.08. The molecule has 1 heterocycles. The average molecular weight is 248 g/mol. The van der Waals surface area contributed by atoms with E-state index in [-0.39, 0.29) is 5.69 Å². The van der Waals surface area contributed by atoms with Gasteiger partial charge in [0.15, 0.2) is 0 Å². The Balaban J connectivity index is 1.88. The zero-order chi connectivity index (χ0) is 13.0. The molecular formula is C12H16N4O2. The fourth-order valence-corrected chi connectivity index (χ4v) is 1.55. The molecule has 18 heavy (non-hydrogen) atoms. The van der Waals surface area contributed by atoms with Crippen molar-refractivity contribution < 1.29 is 4.74 Å². The van der Waals surface area contributed by atoms with E-state index in [4.69, 9.17) is 10.5 Å². The number of aryl methyl sites for hydroxylation is 1. The molecule has 0 radical (unpaired) electrons. The van der Waals surface area contributed by atoms with Gasteiger partial charge in [-0.1, -0.05) is 12.1 Å². The first kappa shape index (κ1) is 12.4. The van der Waals surface area contributed by atoms with Crippen LogP contribution in [0.1, 0.15) is 5.56 Å². The zero-order valence-corrected chi connectivity index (χ0v) is 10.2. The van der Waals surface area contributed by atoms with Gasteiger partial charge >= 0.3 is 5.69 Å². The van der Waals surface area contributed by atoms with E-state index in [9.17, 15) is 4.79 Å². The van der Waals surface area contributed by atoms with Crippen LogP contribution in [-0.4, -0.2) is 21.0 Å². The molecule has 0 aliphatic rings. The molecule has 1 aromatic carbocycles. The minimum atomic E-state index is -0.142. The second-order valence-corrected chi connectivity index (χ2v) is 3.94. The molecule has 1 aromatic heterocycles. The molecule has 0 aliphatic carbocycles. The highest BCUT2D eigenvalue weighted by Crippen LogP contribution is 2.11. The number of nitrogens with zero attached hydrogens (tertiary/aromatic N) is 3. The van der Waals surface area contributed by atoms with E-state index in [1.165, 1.54) is 15.6 Å². The summed E-state index contributed by atoms with van der Waals surface area (Å²) in [6, 6.07) is 7.57. The third-order valence-electron chi connectivity index (χ3n) is 2.62. The van der Waals surface area contributed by atoms with Crippen molar-refractivity contribution in [2.24, 2.45) is 12.8 Å². The summed E-state index contributed by atoms with van der Waals surface area (Å²) in [4.78, 5) is 11.5. The summed E-state index contributed by atoms with van der Waals surface area (Å²) >= 11 is 0. The highest BCUT2D eigenvalue weighted by Gasteiger charge is 2.01. The number of aromatic nitrogens is 3. The molecule has 0 spiro atoms. The first-order valence-corrected chi connectivity index (χ1v) is 5.71. The van der Waals surface area contributed by atoms with Crippen molar-refractivity contribution in [2.75, 3.05) is 6.61 Å². The summed E-state index contributed by atoms with van der Waals surface area (Å²) < 4.78 is 8.32. The van der Waals surface area contributed by atoms with Crippen LogP contribution in [0.4, 0.5) is 0 Å². The number of benzene rings is 1. The van der Waals surface area contributed by atoms with Gasteiger partial charge in [-0.15, -0.1) is 0 Å². The van der Waals surface area contributed by atoms with Crippen LogP contribution in [0.3, 0.4) is 0 Å². The van der Waals surface area contributed by atoms with Gasteiger partial charge in [0.2, 0.25) is 0 Å². The van der Waals surface area contributed by atoms with Crippen LogP contribution in [0.25, 0.3) is 0 Å². The van der Waals surface area contributed by atoms with E-state index in [1.54, 1.807) is 7.05 Å². The average Bonchev–Trinajstić information content (AvgIpc) is 2.71. The summed E-state index contributed by atoms with van der Waals surface area (Å²) in [7, 11) is 1.66.